The van der Waals surface area contributed by atoms with Crippen molar-refractivity contribution in [2.75, 3.05) is 12.4 Å². The summed E-state index contributed by atoms with van der Waals surface area (Å²) in [5.41, 5.74) is 2.55. The van der Waals surface area contributed by atoms with Crippen LogP contribution in [0.5, 0.6) is 0 Å². The molecule has 104 valence electrons. The topological polar surface area (TPSA) is 41.1 Å². The third kappa shape index (κ3) is 3.39. The van der Waals surface area contributed by atoms with Crippen molar-refractivity contribution in [1.82, 2.24) is 5.32 Å². The van der Waals surface area contributed by atoms with E-state index in [9.17, 15) is 4.79 Å². The Hall–Kier alpha value is -1.81. The maximum atomic E-state index is 12.3. The van der Waals surface area contributed by atoms with Crippen LogP contribution in [0.3, 0.4) is 0 Å². The molecule has 0 radical (unpaired) electrons. The van der Waals surface area contributed by atoms with Gasteiger partial charge < -0.3 is 10.6 Å². The van der Waals surface area contributed by atoms with E-state index >= 15 is 0 Å². The number of carbonyl (C=O) groups is 1. The number of anilines is 1. The van der Waals surface area contributed by atoms with Crippen LogP contribution >= 0.6 is 15.9 Å². The first-order valence-corrected chi connectivity index (χ1v) is 7.24. The molecule has 1 amide bonds. The summed E-state index contributed by atoms with van der Waals surface area (Å²) in [7, 11) is 1.81. The van der Waals surface area contributed by atoms with Gasteiger partial charge in [-0.05, 0) is 36.8 Å². The highest BCUT2D eigenvalue weighted by molar-refractivity contribution is 9.10. The smallest absolute Gasteiger partial charge is 0.253 e. The summed E-state index contributed by atoms with van der Waals surface area (Å²) in [4.78, 5) is 12.3. The lowest BCUT2D eigenvalue weighted by Gasteiger charge is -2.16. The molecule has 2 aromatic carbocycles. The summed E-state index contributed by atoms with van der Waals surface area (Å²) < 4.78 is 1.03. The third-order valence-corrected chi connectivity index (χ3v) is 3.69. The van der Waals surface area contributed by atoms with Gasteiger partial charge >= 0.3 is 0 Å². The van der Waals surface area contributed by atoms with Gasteiger partial charge in [-0.2, -0.15) is 0 Å². The number of nitrogens with one attached hydrogen (secondary N) is 2. The maximum absolute atomic E-state index is 12.3. The van der Waals surface area contributed by atoms with Crippen molar-refractivity contribution in [3.8, 4) is 0 Å². The molecule has 0 aliphatic carbocycles. The first kappa shape index (κ1) is 14.6. The number of benzene rings is 2. The van der Waals surface area contributed by atoms with Gasteiger partial charge in [0.1, 0.15) is 0 Å². The molecule has 0 saturated heterocycles. The monoisotopic (exact) mass is 332 g/mol. The van der Waals surface area contributed by atoms with E-state index in [0.717, 1.165) is 15.7 Å². The Bertz CT molecular complexity index is 596. The first-order chi connectivity index (χ1) is 9.61. The van der Waals surface area contributed by atoms with Gasteiger partial charge in [0.25, 0.3) is 5.91 Å². The molecule has 2 aromatic rings. The summed E-state index contributed by atoms with van der Waals surface area (Å²) >= 11 is 3.41. The molecule has 0 aliphatic rings. The summed E-state index contributed by atoms with van der Waals surface area (Å²) in [5.74, 6) is -0.0784. The molecule has 3 nitrogen and oxygen atoms in total. The van der Waals surface area contributed by atoms with E-state index in [1.807, 2.05) is 62.5 Å². The molecular weight excluding hydrogens is 316 g/mol. The SMILES string of the molecule is CNc1ccccc1C(=O)N[C@@H](C)c1ccc(Br)cc1. The van der Waals surface area contributed by atoms with Gasteiger partial charge in [-0.25, -0.2) is 0 Å². The normalized spacial score (nSPS) is 11.8. The Balaban J connectivity index is 2.13. The van der Waals surface area contributed by atoms with Gasteiger partial charge in [-0.1, -0.05) is 40.2 Å². The molecular formula is C16H17BrN2O. The minimum Gasteiger partial charge on any atom is -0.387 e. The van der Waals surface area contributed by atoms with Crippen LogP contribution in [0.4, 0.5) is 5.69 Å². The molecule has 0 saturated carbocycles. The van der Waals surface area contributed by atoms with Gasteiger partial charge in [-0.3, -0.25) is 4.79 Å². The quantitative estimate of drug-likeness (QED) is 0.889. The minimum atomic E-state index is -0.0784. The second-order valence-corrected chi connectivity index (χ2v) is 5.46. The molecule has 0 aliphatic heterocycles. The Labute approximate surface area is 127 Å². The van der Waals surface area contributed by atoms with E-state index in [1.165, 1.54) is 0 Å². The van der Waals surface area contributed by atoms with Gasteiger partial charge in [0.15, 0.2) is 0 Å². The standard InChI is InChI=1S/C16H17BrN2O/c1-11(12-7-9-13(17)10-8-12)19-16(20)14-5-3-4-6-15(14)18-2/h3-11,18H,1-2H3,(H,19,20)/t11-/m0/s1. The van der Waals surface area contributed by atoms with Crippen LogP contribution < -0.4 is 10.6 Å². The number of hydrogen-bond acceptors (Lipinski definition) is 2. The fourth-order valence-corrected chi connectivity index (χ4v) is 2.27. The highest BCUT2D eigenvalue weighted by Crippen LogP contribution is 2.19. The summed E-state index contributed by atoms with van der Waals surface area (Å²) in [6.45, 7) is 1.98. The second kappa shape index (κ2) is 6.57. The number of halogens is 1. The number of carbonyl (C=O) groups excluding carboxylic acids is 1. The van der Waals surface area contributed by atoms with Crippen LogP contribution in [0.2, 0.25) is 0 Å². The summed E-state index contributed by atoms with van der Waals surface area (Å²) in [5, 5.41) is 6.04. The molecule has 4 heteroatoms. The van der Waals surface area contributed by atoms with Crippen molar-refractivity contribution in [3.05, 3.63) is 64.1 Å². The van der Waals surface area contributed by atoms with E-state index < -0.39 is 0 Å². The van der Waals surface area contributed by atoms with Crippen molar-refractivity contribution >= 4 is 27.5 Å². The second-order valence-electron chi connectivity index (χ2n) is 4.54. The molecule has 0 aromatic heterocycles. The van der Waals surface area contributed by atoms with E-state index in [-0.39, 0.29) is 11.9 Å². The van der Waals surface area contributed by atoms with Crippen molar-refractivity contribution < 1.29 is 4.79 Å². The lowest BCUT2D eigenvalue weighted by molar-refractivity contribution is 0.0940. The molecule has 20 heavy (non-hydrogen) atoms. The summed E-state index contributed by atoms with van der Waals surface area (Å²) in [6, 6.07) is 15.4. The zero-order chi connectivity index (χ0) is 14.5. The third-order valence-electron chi connectivity index (χ3n) is 3.16. The van der Waals surface area contributed by atoms with E-state index in [4.69, 9.17) is 0 Å². The van der Waals surface area contributed by atoms with Gasteiger partial charge in [0.05, 0.1) is 11.6 Å². The van der Waals surface area contributed by atoms with Crippen LogP contribution in [0.1, 0.15) is 28.9 Å². The predicted molar refractivity (Wildman–Crippen MR) is 86.0 cm³/mol. The average Bonchev–Trinajstić information content (AvgIpc) is 2.47. The predicted octanol–water partition coefficient (Wildman–Crippen LogP) is 3.98. The van der Waals surface area contributed by atoms with Crippen LogP contribution in [-0.4, -0.2) is 13.0 Å². The van der Waals surface area contributed by atoms with Crippen LogP contribution in [0.25, 0.3) is 0 Å². The Morgan fingerprint density at radius 3 is 2.40 bits per heavy atom. The van der Waals surface area contributed by atoms with Crippen molar-refractivity contribution in [1.29, 1.82) is 0 Å². The Morgan fingerprint density at radius 2 is 1.75 bits per heavy atom. The number of hydrogen-bond donors (Lipinski definition) is 2. The fourth-order valence-electron chi connectivity index (χ4n) is 2.01. The van der Waals surface area contributed by atoms with Crippen molar-refractivity contribution in [3.63, 3.8) is 0 Å². The van der Waals surface area contributed by atoms with Crippen molar-refractivity contribution in [2.45, 2.75) is 13.0 Å². The van der Waals surface area contributed by atoms with E-state index in [1.54, 1.807) is 0 Å². The minimum absolute atomic E-state index is 0.0412. The highest BCUT2D eigenvalue weighted by Gasteiger charge is 2.13. The number of para-hydroxylation sites is 1. The van der Waals surface area contributed by atoms with E-state index in [0.29, 0.717) is 5.56 Å². The molecule has 0 bridgehead atoms. The number of rotatable bonds is 4. The van der Waals surface area contributed by atoms with Gasteiger partial charge in [-0.15, -0.1) is 0 Å². The highest BCUT2D eigenvalue weighted by atomic mass is 79.9. The fraction of sp³-hybridized carbons (Fsp3) is 0.188. The molecule has 1 atom stereocenters. The van der Waals surface area contributed by atoms with Crippen molar-refractivity contribution in [2.24, 2.45) is 0 Å². The van der Waals surface area contributed by atoms with Gasteiger partial charge in [0, 0.05) is 17.2 Å². The summed E-state index contributed by atoms with van der Waals surface area (Å²) in [6.07, 6.45) is 0. The molecule has 0 fully saturated rings. The average molecular weight is 333 g/mol. The van der Waals surface area contributed by atoms with Crippen LogP contribution in [0.15, 0.2) is 53.0 Å². The van der Waals surface area contributed by atoms with Crippen LogP contribution in [-0.2, 0) is 0 Å². The Morgan fingerprint density at radius 1 is 1.10 bits per heavy atom. The molecule has 2 rings (SSSR count). The maximum Gasteiger partial charge on any atom is 0.253 e. The number of amides is 1. The molecule has 0 spiro atoms. The lowest BCUT2D eigenvalue weighted by Crippen LogP contribution is -2.27. The zero-order valence-corrected chi connectivity index (χ0v) is 13.1. The molecule has 0 heterocycles. The first-order valence-electron chi connectivity index (χ1n) is 6.45. The molecule has 2 N–H and O–H groups in total. The van der Waals surface area contributed by atoms with Gasteiger partial charge in [0.2, 0.25) is 0 Å². The van der Waals surface area contributed by atoms with Crippen LogP contribution in [0, 0.1) is 0 Å². The zero-order valence-electron chi connectivity index (χ0n) is 11.5. The lowest BCUT2D eigenvalue weighted by atomic mass is 10.1. The van der Waals surface area contributed by atoms with E-state index in [2.05, 4.69) is 26.6 Å². The largest absolute Gasteiger partial charge is 0.387 e. The Kier molecular flexibility index (Phi) is 4.79. The molecule has 0 unspecified atom stereocenters.